The van der Waals surface area contributed by atoms with Crippen LogP contribution in [0.2, 0.25) is 0 Å². The number of nitrogens with zero attached hydrogens (tertiary/aromatic N) is 1. The van der Waals surface area contributed by atoms with E-state index >= 15 is 0 Å². The molecule has 0 N–H and O–H groups in total. The number of carbonyl (C=O) groups is 3. The highest BCUT2D eigenvalue weighted by atomic mass is 16.5. The number of unbranched alkanes of at least 4 members (excludes halogenated alkanes) is 39. The summed E-state index contributed by atoms with van der Waals surface area (Å²) in [6, 6.07) is 0. The second-order valence-electron chi connectivity index (χ2n) is 27.6. The molecular formula is C80H153NO6. The van der Waals surface area contributed by atoms with Crippen molar-refractivity contribution in [3.8, 4) is 0 Å². The molecule has 0 aliphatic carbocycles. The molecule has 0 aliphatic heterocycles. The summed E-state index contributed by atoms with van der Waals surface area (Å²) in [6.45, 7) is 11.3. The maximum absolute atomic E-state index is 12.8. The third-order valence-corrected chi connectivity index (χ3v) is 18.6. The maximum Gasteiger partial charge on any atom is 0.306 e. The van der Waals surface area contributed by atoms with Gasteiger partial charge in [0, 0.05) is 19.3 Å². The molecular weight excluding hydrogens is 1070 g/mol. The zero-order valence-electron chi connectivity index (χ0n) is 59.7. The Morgan fingerprint density at radius 2 is 0.552 bits per heavy atom. The van der Waals surface area contributed by atoms with Crippen molar-refractivity contribution in [1.82, 2.24) is 4.90 Å². The van der Waals surface area contributed by atoms with Crippen LogP contribution in [0.25, 0.3) is 0 Å². The zero-order valence-corrected chi connectivity index (χ0v) is 59.7. The molecule has 514 valence electrons. The van der Waals surface area contributed by atoms with Crippen molar-refractivity contribution in [2.75, 3.05) is 33.9 Å². The molecule has 0 aliphatic rings. The molecule has 0 spiro atoms. The van der Waals surface area contributed by atoms with Crippen molar-refractivity contribution in [3.63, 3.8) is 0 Å². The van der Waals surface area contributed by atoms with E-state index < -0.39 is 0 Å². The Morgan fingerprint density at radius 1 is 0.287 bits per heavy atom. The molecule has 1 atom stereocenters. The number of ether oxygens (including phenoxy) is 3. The van der Waals surface area contributed by atoms with Gasteiger partial charge in [-0.2, -0.15) is 0 Å². The molecule has 7 heteroatoms. The number of rotatable bonds is 72. The highest BCUT2D eigenvalue weighted by Gasteiger charge is 2.16. The van der Waals surface area contributed by atoms with E-state index in [0.29, 0.717) is 32.5 Å². The van der Waals surface area contributed by atoms with Crippen molar-refractivity contribution in [3.05, 3.63) is 24.3 Å². The summed E-state index contributed by atoms with van der Waals surface area (Å²) in [7, 11) is 4.14. The van der Waals surface area contributed by atoms with Crippen molar-refractivity contribution >= 4 is 17.9 Å². The Morgan fingerprint density at radius 3 is 0.885 bits per heavy atom. The monoisotopic (exact) mass is 1220 g/mol. The minimum Gasteiger partial charge on any atom is -0.466 e. The molecule has 0 aromatic rings. The number of carbonyl (C=O) groups excluding carboxylic acids is 3. The largest absolute Gasteiger partial charge is 0.466 e. The molecule has 1 unspecified atom stereocenters. The first-order valence-corrected chi connectivity index (χ1v) is 39.2. The number of allylic oxidation sites excluding steroid dienone is 4. The van der Waals surface area contributed by atoms with Gasteiger partial charge < -0.3 is 19.1 Å². The predicted octanol–water partition coefficient (Wildman–Crippen LogP) is 25.8. The number of hydrogen-bond donors (Lipinski definition) is 0. The summed E-state index contributed by atoms with van der Waals surface area (Å²) in [6.07, 6.45) is 84.6. The molecule has 0 radical (unpaired) electrons. The summed E-state index contributed by atoms with van der Waals surface area (Å²) in [5, 5.41) is 0. The van der Waals surface area contributed by atoms with Crippen LogP contribution in [-0.2, 0) is 28.6 Å². The fourth-order valence-electron chi connectivity index (χ4n) is 12.8. The van der Waals surface area contributed by atoms with E-state index in [1.165, 1.54) is 315 Å². The van der Waals surface area contributed by atoms with Gasteiger partial charge in [0.1, 0.15) is 6.10 Å². The predicted molar refractivity (Wildman–Crippen MR) is 380 cm³/mol. The lowest BCUT2D eigenvalue weighted by Crippen LogP contribution is -2.20. The van der Waals surface area contributed by atoms with Crippen LogP contribution >= 0.6 is 0 Å². The van der Waals surface area contributed by atoms with E-state index in [-0.39, 0.29) is 24.0 Å². The first-order valence-electron chi connectivity index (χ1n) is 39.2. The minimum atomic E-state index is 0.00462. The van der Waals surface area contributed by atoms with Gasteiger partial charge in [-0.3, -0.25) is 14.4 Å². The lowest BCUT2D eigenvalue weighted by molar-refractivity contribution is -0.150. The molecule has 0 aromatic heterocycles. The smallest absolute Gasteiger partial charge is 0.306 e. The Bertz CT molecular complexity index is 1440. The van der Waals surface area contributed by atoms with E-state index in [1.54, 1.807) is 0 Å². The lowest BCUT2D eigenvalue weighted by atomic mass is 9.90. The number of esters is 3. The van der Waals surface area contributed by atoms with Gasteiger partial charge in [-0.1, -0.05) is 302 Å². The summed E-state index contributed by atoms with van der Waals surface area (Å²) in [4.78, 5) is 39.4. The van der Waals surface area contributed by atoms with Crippen LogP contribution in [-0.4, -0.2) is 62.8 Å². The van der Waals surface area contributed by atoms with Gasteiger partial charge in [-0.15, -0.1) is 0 Å². The van der Waals surface area contributed by atoms with Crippen molar-refractivity contribution in [2.24, 2.45) is 11.8 Å². The molecule has 0 saturated heterocycles. The Labute approximate surface area is 544 Å². The van der Waals surface area contributed by atoms with E-state index in [9.17, 15) is 14.4 Å². The quantitative estimate of drug-likeness (QED) is 0.0260. The highest BCUT2D eigenvalue weighted by molar-refractivity contribution is 5.70. The summed E-state index contributed by atoms with van der Waals surface area (Å²) >= 11 is 0. The van der Waals surface area contributed by atoms with Crippen LogP contribution in [0, 0.1) is 11.8 Å². The topological polar surface area (TPSA) is 82.1 Å². The molecule has 0 rings (SSSR count). The van der Waals surface area contributed by atoms with Crippen LogP contribution in [0.1, 0.15) is 419 Å². The van der Waals surface area contributed by atoms with Crippen LogP contribution in [0.5, 0.6) is 0 Å². The average molecular weight is 1230 g/mol. The molecule has 0 aromatic carbocycles. The Kier molecular flexibility index (Phi) is 69.5. The maximum atomic E-state index is 12.8. The van der Waals surface area contributed by atoms with Gasteiger partial charge in [-0.25, -0.2) is 0 Å². The normalized spacial score (nSPS) is 12.3. The van der Waals surface area contributed by atoms with E-state index in [2.05, 4.69) is 71.0 Å². The Balaban J connectivity index is 3.85. The molecule has 0 bridgehead atoms. The molecule has 7 nitrogen and oxygen atoms in total. The third kappa shape index (κ3) is 68.1. The second kappa shape index (κ2) is 71.3. The van der Waals surface area contributed by atoms with Crippen LogP contribution in [0.3, 0.4) is 0 Å². The average Bonchev–Trinajstić information content (AvgIpc) is 3.52. The molecule has 0 amide bonds. The summed E-state index contributed by atoms with van der Waals surface area (Å²) in [5.74, 6) is 1.72. The SMILES string of the molecule is CCCCCC(CCCCC)CCCCOC(=O)CCCCCCCCC/C=C\CCCCCCCCCCC(CCCCCCCCCC/C=C\CCCCCCCCCC(=O)OCCCC(CCCCC)CCCCC)OC(=O)CCCN(C)C. The first-order chi connectivity index (χ1) is 42.7. The fraction of sp³-hybridized carbons (Fsp3) is 0.912. The van der Waals surface area contributed by atoms with Gasteiger partial charge in [0.25, 0.3) is 0 Å². The van der Waals surface area contributed by atoms with Gasteiger partial charge in [0.05, 0.1) is 13.2 Å². The van der Waals surface area contributed by atoms with E-state index in [1.807, 2.05) is 0 Å². The summed E-state index contributed by atoms with van der Waals surface area (Å²) < 4.78 is 17.3. The lowest BCUT2D eigenvalue weighted by Gasteiger charge is -2.18. The van der Waals surface area contributed by atoms with Crippen molar-refractivity contribution < 1.29 is 28.6 Å². The van der Waals surface area contributed by atoms with Crippen LogP contribution in [0.4, 0.5) is 0 Å². The fourth-order valence-corrected chi connectivity index (χ4v) is 12.8. The van der Waals surface area contributed by atoms with Gasteiger partial charge in [0.2, 0.25) is 0 Å². The number of hydrogen-bond acceptors (Lipinski definition) is 7. The molecule has 0 saturated carbocycles. The van der Waals surface area contributed by atoms with E-state index in [0.717, 1.165) is 76.2 Å². The standard InChI is InChI=1S/C80H153NO6/c1-7-11-49-61-75(62-50-12-8-2)65-57-58-73-85-78(82)69-55-47-43-39-35-31-27-23-19-15-17-21-25-29-33-37-41-45-53-67-77(87-80(84)71-59-72-81(5)6)68-54-46-42-38-34-30-26-22-18-16-20-24-28-32-36-40-44-48-56-70-79(83)86-74-60-66-76(63-51-13-9-3)64-52-14-10-4/h15-16,19-20,75-77H,7-14,17-18,21-74H2,1-6H3/b19-15-,20-16-. The van der Waals surface area contributed by atoms with Gasteiger partial charge in [-0.05, 0) is 154 Å². The molecule has 87 heavy (non-hydrogen) atoms. The van der Waals surface area contributed by atoms with Gasteiger partial charge >= 0.3 is 17.9 Å². The van der Waals surface area contributed by atoms with Crippen molar-refractivity contribution in [1.29, 1.82) is 0 Å². The minimum absolute atomic E-state index is 0.00462. The second-order valence-corrected chi connectivity index (χ2v) is 27.6. The van der Waals surface area contributed by atoms with Crippen molar-refractivity contribution in [2.45, 2.75) is 425 Å². The first kappa shape index (κ1) is 84.8. The third-order valence-electron chi connectivity index (χ3n) is 18.6. The summed E-state index contributed by atoms with van der Waals surface area (Å²) in [5.41, 5.74) is 0. The van der Waals surface area contributed by atoms with Gasteiger partial charge in [0.15, 0.2) is 0 Å². The Hall–Kier alpha value is -2.15. The molecule has 0 heterocycles. The van der Waals surface area contributed by atoms with Crippen LogP contribution < -0.4 is 0 Å². The zero-order chi connectivity index (χ0) is 63.2. The van der Waals surface area contributed by atoms with Crippen LogP contribution in [0.15, 0.2) is 24.3 Å². The highest BCUT2D eigenvalue weighted by Crippen LogP contribution is 2.25. The van der Waals surface area contributed by atoms with E-state index in [4.69, 9.17) is 14.2 Å². The molecule has 0 fully saturated rings.